The van der Waals surface area contributed by atoms with E-state index in [2.05, 4.69) is 9.38 Å². The van der Waals surface area contributed by atoms with Crippen LogP contribution in [0, 0.1) is 0 Å². The lowest BCUT2D eigenvalue weighted by Gasteiger charge is -2.17. The van der Waals surface area contributed by atoms with Gasteiger partial charge in [-0.15, -0.1) is 0 Å². The first-order chi connectivity index (χ1) is 7.88. The van der Waals surface area contributed by atoms with Crippen LogP contribution in [0.25, 0.3) is 0 Å². The van der Waals surface area contributed by atoms with E-state index >= 15 is 0 Å². The summed E-state index contributed by atoms with van der Waals surface area (Å²) in [5, 5.41) is 0. The van der Waals surface area contributed by atoms with Gasteiger partial charge in [-0.3, -0.25) is 0 Å². The summed E-state index contributed by atoms with van der Waals surface area (Å²) >= 11 is -1.30. The van der Waals surface area contributed by atoms with Crippen LogP contribution in [0.5, 0.6) is 0 Å². The number of nitrogens with zero attached hydrogens (tertiary/aromatic N) is 3. The molecule has 0 fully saturated rings. The highest BCUT2D eigenvalue weighted by molar-refractivity contribution is 7.91. The first-order valence-electron chi connectivity index (χ1n) is 5.52. The normalized spacial score (nSPS) is 22.1. The van der Waals surface area contributed by atoms with Crippen LogP contribution < -0.4 is 0 Å². The number of rotatable bonds is 2. The van der Waals surface area contributed by atoms with E-state index in [9.17, 15) is 8.94 Å². The molecule has 1 aromatic rings. The average Bonchev–Trinajstić information content (AvgIpc) is 2.72. The van der Waals surface area contributed by atoms with Crippen molar-refractivity contribution < 1.29 is 8.94 Å². The lowest BCUT2D eigenvalue weighted by Crippen LogP contribution is -2.25. The van der Waals surface area contributed by atoms with Crippen molar-refractivity contribution in [3.8, 4) is 0 Å². The molecule has 1 aliphatic rings. The summed E-state index contributed by atoms with van der Waals surface area (Å²) in [4.78, 5) is 4.14. The van der Waals surface area contributed by atoms with Gasteiger partial charge in [0.25, 0.3) is 0 Å². The fourth-order valence-electron chi connectivity index (χ4n) is 1.65. The van der Waals surface area contributed by atoms with Gasteiger partial charge in [-0.2, -0.15) is 0 Å². The molecule has 1 unspecified atom stereocenters. The minimum atomic E-state index is -1.30. The lowest BCUT2D eigenvalue weighted by atomic mass is 10.2. The fraction of sp³-hybridized carbons (Fsp3) is 0.636. The number of imidazole rings is 1. The van der Waals surface area contributed by atoms with Gasteiger partial charge in [-0.1, -0.05) is 4.40 Å². The molecule has 0 aromatic carbocycles. The molecule has 1 aromatic heterocycles. The monoisotopic (exact) mass is 257 g/mol. The van der Waals surface area contributed by atoms with Gasteiger partial charge in [0.15, 0.2) is 0 Å². The van der Waals surface area contributed by atoms with Gasteiger partial charge in [0.1, 0.15) is 34.2 Å². The first-order valence-corrected chi connectivity index (χ1v) is 6.63. The molecule has 0 N–H and O–H groups in total. The Hall–Kier alpha value is -0.880. The maximum Gasteiger partial charge on any atom is 0.144 e. The summed E-state index contributed by atoms with van der Waals surface area (Å²) in [7, 11) is 0. The van der Waals surface area contributed by atoms with Gasteiger partial charge in [-0.25, -0.2) is 9.37 Å². The molecule has 2 heterocycles. The summed E-state index contributed by atoms with van der Waals surface area (Å²) in [6, 6.07) is 0. The first kappa shape index (κ1) is 12.6. The van der Waals surface area contributed by atoms with Crippen LogP contribution in [-0.4, -0.2) is 31.2 Å². The van der Waals surface area contributed by atoms with Crippen molar-refractivity contribution in [3.05, 3.63) is 17.7 Å². The Labute approximate surface area is 103 Å². The van der Waals surface area contributed by atoms with Gasteiger partial charge in [0.2, 0.25) is 0 Å². The Balaban J connectivity index is 2.13. The van der Waals surface area contributed by atoms with Crippen molar-refractivity contribution >= 4 is 17.6 Å². The summed E-state index contributed by atoms with van der Waals surface area (Å²) in [6.07, 6.45) is 2.62. The third kappa shape index (κ3) is 2.69. The standard InChI is InChI=1S/C11H16FN3OS/c1-11(2,3)17(16)14-5-9-10-4-8(12)6-15(10)7-13-9/h5,7-8H,4,6H2,1-3H3/t8-,17?/m1/s1. The number of hydrogen-bond donors (Lipinski definition) is 0. The van der Waals surface area contributed by atoms with E-state index < -0.39 is 17.5 Å². The second-order valence-corrected chi connectivity index (χ2v) is 7.06. The highest BCUT2D eigenvalue weighted by Gasteiger charge is 2.27. The van der Waals surface area contributed by atoms with Gasteiger partial charge in [0.05, 0.1) is 12.9 Å². The van der Waals surface area contributed by atoms with Gasteiger partial charge < -0.3 is 9.12 Å². The summed E-state index contributed by atoms with van der Waals surface area (Å²) < 4.78 is 30.3. The minimum Gasteiger partial charge on any atom is -0.591 e. The van der Waals surface area contributed by atoms with E-state index in [4.69, 9.17) is 0 Å². The van der Waals surface area contributed by atoms with Crippen molar-refractivity contribution in [2.24, 2.45) is 4.40 Å². The van der Waals surface area contributed by atoms with E-state index in [0.717, 1.165) is 5.69 Å². The Kier molecular flexibility index (Phi) is 3.27. The Morgan fingerprint density at radius 1 is 1.65 bits per heavy atom. The third-order valence-electron chi connectivity index (χ3n) is 2.58. The molecule has 17 heavy (non-hydrogen) atoms. The lowest BCUT2D eigenvalue weighted by molar-refractivity contribution is 0.328. The number of alkyl halides is 1. The molecular weight excluding hydrogens is 241 g/mol. The van der Waals surface area contributed by atoms with E-state index in [0.29, 0.717) is 18.7 Å². The number of hydrogen-bond acceptors (Lipinski definition) is 3. The van der Waals surface area contributed by atoms with Crippen LogP contribution in [0.4, 0.5) is 4.39 Å². The largest absolute Gasteiger partial charge is 0.591 e. The quantitative estimate of drug-likeness (QED) is 0.597. The van der Waals surface area contributed by atoms with Crippen molar-refractivity contribution in [1.29, 1.82) is 0 Å². The number of halogens is 1. The molecule has 0 amide bonds. The molecule has 2 rings (SSSR count). The molecule has 2 atom stereocenters. The topological polar surface area (TPSA) is 53.2 Å². The third-order valence-corrected chi connectivity index (χ3v) is 3.93. The zero-order valence-corrected chi connectivity index (χ0v) is 11.0. The SMILES string of the molecule is CC(C)(C)[S+]([O-])N=Cc1ncn2c1C[C@@H](F)C2. The average molecular weight is 257 g/mol. The maximum absolute atomic E-state index is 13.2. The predicted octanol–water partition coefficient (Wildman–Crippen LogP) is 1.66. The van der Waals surface area contributed by atoms with Crippen molar-refractivity contribution in [2.75, 3.05) is 0 Å². The Morgan fingerprint density at radius 3 is 3.00 bits per heavy atom. The molecule has 4 nitrogen and oxygen atoms in total. The van der Waals surface area contributed by atoms with Crippen molar-refractivity contribution in [1.82, 2.24) is 9.55 Å². The van der Waals surface area contributed by atoms with Crippen LogP contribution in [0.3, 0.4) is 0 Å². The highest BCUT2D eigenvalue weighted by Crippen LogP contribution is 2.21. The molecular formula is C11H16FN3OS. The predicted molar refractivity (Wildman–Crippen MR) is 66.3 cm³/mol. The van der Waals surface area contributed by atoms with Gasteiger partial charge in [-0.05, 0) is 20.8 Å². The minimum absolute atomic E-state index is 0.360. The molecule has 0 bridgehead atoms. The second-order valence-electron chi connectivity index (χ2n) is 5.13. The van der Waals surface area contributed by atoms with E-state index in [-0.39, 0.29) is 4.75 Å². The van der Waals surface area contributed by atoms with Crippen molar-refractivity contribution in [2.45, 2.75) is 44.7 Å². The second kappa shape index (κ2) is 4.42. The van der Waals surface area contributed by atoms with E-state index in [1.54, 1.807) is 10.9 Å². The summed E-state index contributed by atoms with van der Waals surface area (Å²) in [5.41, 5.74) is 1.47. The van der Waals surface area contributed by atoms with Crippen LogP contribution in [0.2, 0.25) is 0 Å². The molecule has 0 saturated heterocycles. The Morgan fingerprint density at radius 2 is 2.35 bits per heavy atom. The molecule has 0 spiro atoms. The molecule has 6 heteroatoms. The molecule has 0 radical (unpaired) electrons. The van der Waals surface area contributed by atoms with Crippen LogP contribution in [-0.2, 0) is 24.3 Å². The molecule has 0 saturated carbocycles. The molecule has 94 valence electrons. The number of aromatic nitrogens is 2. The summed E-state index contributed by atoms with van der Waals surface area (Å²) in [5.74, 6) is 0. The van der Waals surface area contributed by atoms with Crippen LogP contribution in [0.1, 0.15) is 32.2 Å². The summed E-state index contributed by atoms with van der Waals surface area (Å²) in [6.45, 7) is 5.93. The zero-order valence-electron chi connectivity index (χ0n) is 10.2. The van der Waals surface area contributed by atoms with E-state index in [1.165, 1.54) is 6.21 Å². The maximum atomic E-state index is 13.2. The van der Waals surface area contributed by atoms with Gasteiger partial charge in [0, 0.05) is 12.1 Å². The van der Waals surface area contributed by atoms with E-state index in [1.807, 2.05) is 20.8 Å². The highest BCUT2D eigenvalue weighted by atomic mass is 32.2. The molecule has 0 aliphatic carbocycles. The van der Waals surface area contributed by atoms with Crippen molar-refractivity contribution in [3.63, 3.8) is 0 Å². The zero-order chi connectivity index (χ0) is 12.6. The fourth-order valence-corrected chi connectivity index (χ4v) is 2.17. The smallest absolute Gasteiger partial charge is 0.144 e. The number of fused-ring (bicyclic) bond motifs is 1. The van der Waals surface area contributed by atoms with Gasteiger partial charge >= 0.3 is 0 Å². The Bertz CT molecular complexity index is 438. The van der Waals surface area contributed by atoms with Crippen LogP contribution in [0.15, 0.2) is 10.7 Å². The van der Waals surface area contributed by atoms with Crippen LogP contribution >= 0.6 is 0 Å². The molecule has 1 aliphatic heterocycles.